The van der Waals surface area contributed by atoms with Gasteiger partial charge in [-0.05, 0) is 72.6 Å². The average Bonchev–Trinajstić information content (AvgIpc) is 3.13. The Balaban J connectivity index is 1.79. The molecule has 0 heterocycles. The number of benzene rings is 1. The lowest BCUT2D eigenvalue weighted by atomic mass is 9.69. The molecule has 1 heteroatoms. The van der Waals surface area contributed by atoms with Crippen LogP contribution in [0.1, 0.15) is 97.1 Å². The van der Waals surface area contributed by atoms with E-state index in [2.05, 4.69) is 83.8 Å². The van der Waals surface area contributed by atoms with E-state index in [1.54, 1.807) is 5.57 Å². The van der Waals surface area contributed by atoms with Crippen molar-refractivity contribution in [3.63, 3.8) is 0 Å². The Bertz CT molecular complexity index is 918. The average molecular weight is 446 g/mol. The van der Waals surface area contributed by atoms with Gasteiger partial charge in [-0.3, -0.25) is 0 Å². The highest BCUT2D eigenvalue weighted by atomic mass is 14.9. The van der Waals surface area contributed by atoms with E-state index in [4.69, 9.17) is 6.58 Å². The van der Waals surface area contributed by atoms with Crippen LogP contribution < -0.4 is 5.32 Å². The van der Waals surface area contributed by atoms with E-state index in [0.717, 1.165) is 24.5 Å². The number of allylic oxidation sites excluding steroid dienone is 4. The maximum atomic E-state index is 4.73. The van der Waals surface area contributed by atoms with Gasteiger partial charge >= 0.3 is 0 Å². The largest absolute Gasteiger partial charge is 0.359 e. The van der Waals surface area contributed by atoms with Crippen molar-refractivity contribution in [2.75, 3.05) is 0 Å². The van der Waals surface area contributed by atoms with Gasteiger partial charge in [-0.2, -0.15) is 0 Å². The van der Waals surface area contributed by atoms with Crippen LogP contribution in [0.2, 0.25) is 0 Å². The minimum absolute atomic E-state index is 0.261. The third-order valence-electron chi connectivity index (χ3n) is 7.66. The molecule has 1 nitrogen and oxygen atoms in total. The molecule has 1 fully saturated rings. The standard InChI is InChI=1S/C32H47N/c1-9-13-26-15-10-11-17-30(26)23(3)24(4)31-20-29(19-28(31)21-32(6,7)8)33-25(5)27-16-12-14-22(2)18-27/h12,14,16,18-19,24,26,30,33H,3,5,9-11,13,15,17,20-21H2,1-2,4,6-8H3. The van der Waals surface area contributed by atoms with Crippen molar-refractivity contribution in [2.24, 2.45) is 23.2 Å². The molecule has 1 aromatic carbocycles. The zero-order valence-corrected chi connectivity index (χ0v) is 22.2. The highest BCUT2D eigenvalue weighted by Crippen LogP contribution is 2.45. The Morgan fingerprint density at radius 2 is 1.88 bits per heavy atom. The normalized spacial score (nSPS) is 22.2. The van der Waals surface area contributed by atoms with E-state index in [1.165, 1.54) is 66.5 Å². The molecule has 0 amide bonds. The third kappa shape index (κ3) is 6.75. The molecule has 1 aromatic rings. The van der Waals surface area contributed by atoms with Crippen LogP contribution in [0.4, 0.5) is 0 Å². The Labute approximate surface area is 204 Å². The molecule has 1 saturated carbocycles. The molecule has 0 aromatic heterocycles. The number of aryl methyl sites for hydroxylation is 1. The van der Waals surface area contributed by atoms with Gasteiger partial charge in [-0.25, -0.2) is 0 Å². The van der Waals surface area contributed by atoms with Gasteiger partial charge in [0.05, 0.1) is 0 Å². The van der Waals surface area contributed by atoms with Crippen LogP contribution in [0, 0.1) is 30.1 Å². The molecular weight excluding hydrogens is 398 g/mol. The summed E-state index contributed by atoms with van der Waals surface area (Å²) in [6, 6.07) is 8.59. The van der Waals surface area contributed by atoms with E-state index in [1.807, 2.05) is 0 Å². The lowest BCUT2D eigenvalue weighted by molar-refractivity contribution is 0.245. The lowest BCUT2D eigenvalue weighted by Gasteiger charge is -2.36. The summed E-state index contributed by atoms with van der Waals surface area (Å²) in [5.41, 5.74) is 9.55. The smallest absolute Gasteiger partial charge is 0.0382 e. The zero-order chi connectivity index (χ0) is 24.2. The molecule has 3 unspecified atom stereocenters. The first kappa shape index (κ1) is 25.6. The van der Waals surface area contributed by atoms with E-state index in [0.29, 0.717) is 11.8 Å². The molecule has 180 valence electrons. The van der Waals surface area contributed by atoms with E-state index in [-0.39, 0.29) is 5.41 Å². The second-order valence-corrected chi connectivity index (χ2v) is 11.8. The highest BCUT2D eigenvalue weighted by molar-refractivity contribution is 5.64. The number of rotatable bonds is 9. The molecule has 0 radical (unpaired) electrons. The topological polar surface area (TPSA) is 12.0 Å². The fourth-order valence-corrected chi connectivity index (χ4v) is 5.98. The Morgan fingerprint density at radius 3 is 2.55 bits per heavy atom. The zero-order valence-electron chi connectivity index (χ0n) is 22.2. The minimum Gasteiger partial charge on any atom is -0.359 e. The Morgan fingerprint density at radius 1 is 1.15 bits per heavy atom. The molecule has 3 rings (SSSR count). The van der Waals surface area contributed by atoms with Crippen molar-refractivity contribution < 1.29 is 0 Å². The van der Waals surface area contributed by atoms with Crippen molar-refractivity contribution in [1.29, 1.82) is 0 Å². The predicted octanol–water partition coefficient (Wildman–Crippen LogP) is 9.37. The Kier molecular flexibility index (Phi) is 8.48. The van der Waals surface area contributed by atoms with Crippen molar-refractivity contribution in [3.05, 3.63) is 77.0 Å². The third-order valence-corrected chi connectivity index (χ3v) is 7.66. The number of nitrogens with one attached hydrogen (secondary N) is 1. The molecule has 2 aliphatic rings. The molecule has 0 aliphatic heterocycles. The summed E-state index contributed by atoms with van der Waals surface area (Å²) >= 11 is 0. The van der Waals surface area contributed by atoms with Crippen LogP contribution in [-0.2, 0) is 0 Å². The molecule has 0 spiro atoms. The molecular formula is C32H47N. The van der Waals surface area contributed by atoms with Crippen LogP contribution >= 0.6 is 0 Å². The molecule has 2 aliphatic carbocycles. The van der Waals surface area contributed by atoms with E-state index >= 15 is 0 Å². The van der Waals surface area contributed by atoms with Crippen LogP contribution in [0.3, 0.4) is 0 Å². The SMILES string of the molecule is C=C(NC1=CC(CC(C)(C)C)=C(C(C)C(=C)C2CCCCC2CCC)C1)c1cccc(C)c1. The predicted molar refractivity (Wildman–Crippen MR) is 146 cm³/mol. The summed E-state index contributed by atoms with van der Waals surface area (Å²) in [6.45, 7) is 23.0. The van der Waals surface area contributed by atoms with Crippen LogP contribution in [0.25, 0.3) is 5.70 Å². The molecule has 0 bridgehead atoms. The van der Waals surface area contributed by atoms with Gasteiger partial charge in [0.1, 0.15) is 0 Å². The van der Waals surface area contributed by atoms with Crippen LogP contribution in [0.5, 0.6) is 0 Å². The van der Waals surface area contributed by atoms with E-state index in [9.17, 15) is 0 Å². The summed E-state index contributed by atoms with van der Waals surface area (Å²) in [5, 5.41) is 3.67. The first-order valence-corrected chi connectivity index (χ1v) is 13.2. The maximum Gasteiger partial charge on any atom is 0.0382 e. The van der Waals surface area contributed by atoms with Crippen LogP contribution in [-0.4, -0.2) is 0 Å². The van der Waals surface area contributed by atoms with Gasteiger partial charge in [0.2, 0.25) is 0 Å². The van der Waals surface area contributed by atoms with Gasteiger partial charge in [0, 0.05) is 17.8 Å². The lowest BCUT2D eigenvalue weighted by Crippen LogP contribution is -2.24. The van der Waals surface area contributed by atoms with Gasteiger partial charge in [0.25, 0.3) is 0 Å². The summed E-state index contributed by atoms with van der Waals surface area (Å²) in [6.07, 6.45) is 12.6. The highest BCUT2D eigenvalue weighted by Gasteiger charge is 2.32. The van der Waals surface area contributed by atoms with E-state index < -0.39 is 0 Å². The summed E-state index contributed by atoms with van der Waals surface area (Å²) < 4.78 is 0. The molecule has 1 N–H and O–H groups in total. The van der Waals surface area contributed by atoms with Crippen molar-refractivity contribution in [2.45, 2.75) is 92.9 Å². The maximum absolute atomic E-state index is 4.73. The van der Waals surface area contributed by atoms with Gasteiger partial charge in [-0.15, -0.1) is 0 Å². The van der Waals surface area contributed by atoms with Crippen molar-refractivity contribution >= 4 is 5.70 Å². The van der Waals surface area contributed by atoms with Crippen molar-refractivity contribution in [1.82, 2.24) is 5.32 Å². The quantitative estimate of drug-likeness (QED) is 0.373. The van der Waals surface area contributed by atoms with Gasteiger partial charge in [-0.1, -0.05) is 108 Å². The molecule has 3 atom stereocenters. The first-order chi connectivity index (χ1) is 15.6. The Hall–Kier alpha value is -2.02. The second-order valence-electron chi connectivity index (χ2n) is 11.8. The molecule has 0 saturated heterocycles. The fraction of sp³-hybridized carbons (Fsp3) is 0.562. The summed E-state index contributed by atoms with van der Waals surface area (Å²) in [5.74, 6) is 1.96. The van der Waals surface area contributed by atoms with Crippen LogP contribution in [0.15, 0.2) is 65.9 Å². The summed E-state index contributed by atoms with van der Waals surface area (Å²) in [4.78, 5) is 0. The summed E-state index contributed by atoms with van der Waals surface area (Å²) in [7, 11) is 0. The minimum atomic E-state index is 0.261. The second kappa shape index (κ2) is 10.9. The van der Waals surface area contributed by atoms with Crippen molar-refractivity contribution in [3.8, 4) is 0 Å². The monoisotopic (exact) mass is 445 g/mol. The number of hydrogen-bond acceptors (Lipinski definition) is 1. The molecule has 33 heavy (non-hydrogen) atoms. The first-order valence-electron chi connectivity index (χ1n) is 13.2. The van der Waals surface area contributed by atoms with Gasteiger partial charge < -0.3 is 5.32 Å². The fourth-order valence-electron chi connectivity index (χ4n) is 5.98. The van der Waals surface area contributed by atoms with Gasteiger partial charge in [0.15, 0.2) is 0 Å². The number of hydrogen-bond donors (Lipinski definition) is 1.